The second kappa shape index (κ2) is 8.15. The molecule has 0 atom stereocenters. The van der Waals surface area contributed by atoms with Crippen molar-refractivity contribution in [2.75, 3.05) is 0 Å². The number of hydrogen-bond acceptors (Lipinski definition) is 0. The summed E-state index contributed by atoms with van der Waals surface area (Å²) in [6, 6.07) is 21.7. The van der Waals surface area contributed by atoms with Crippen LogP contribution in [0.15, 0.2) is 72.8 Å². The summed E-state index contributed by atoms with van der Waals surface area (Å²) in [4.78, 5) is 0. The first-order valence-electron chi connectivity index (χ1n) is 7.43. The van der Waals surface area contributed by atoms with Gasteiger partial charge in [-0.3, -0.25) is 0 Å². The molecule has 0 unspecified atom stereocenters. The summed E-state index contributed by atoms with van der Waals surface area (Å²) in [7, 11) is 0. The molecule has 0 heterocycles. The van der Waals surface area contributed by atoms with Gasteiger partial charge in [-0.25, -0.2) is 0 Å². The fourth-order valence-corrected chi connectivity index (χ4v) is 2.91. The van der Waals surface area contributed by atoms with Crippen LogP contribution in [0, 0.1) is 0 Å². The molecule has 108 valence electrons. The van der Waals surface area contributed by atoms with Crippen molar-refractivity contribution in [1.82, 2.24) is 0 Å². The van der Waals surface area contributed by atoms with E-state index in [2.05, 4.69) is 72.8 Å². The molecule has 0 spiro atoms. The Morgan fingerprint density at radius 2 is 0.905 bits per heavy atom. The Morgan fingerprint density at radius 1 is 0.524 bits per heavy atom. The van der Waals surface area contributed by atoms with Gasteiger partial charge in [0.15, 0.2) is 0 Å². The van der Waals surface area contributed by atoms with Crippen molar-refractivity contribution >= 4 is 11.1 Å². The molecule has 0 aromatic heterocycles. The minimum absolute atomic E-state index is 0. The minimum atomic E-state index is 0. The van der Waals surface area contributed by atoms with Gasteiger partial charge in [-0.1, -0.05) is 72.8 Å². The summed E-state index contributed by atoms with van der Waals surface area (Å²) in [5, 5.41) is 0. The fraction of sp³-hybridized carbons (Fsp3) is 0.200. The smallest absolute Gasteiger partial charge is 0.0882 e. The summed E-state index contributed by atoms with van der Waals surface area (Å²) in [5.74, 6) is 0. The first-order chi connectivity index (χ1) is 9.95. The maximum absolute atomic E-state index is 2.32. The van der Waals surface area contributed by atoms with Gasteiger partial charge in [0.05, 0.1) is 0 Å². The Hall–Kier alpha value is -1.39. The largest absolute Gasteiger partial charge is 2.00 e. The Bertz CT molecular complexity index is 553. The van der Waals surface area contributed by atoms with E-state index in [1.165, 1.54) is 22.3 Å². The van der Waals surface area contributed by atoms with E-state index in [0.29, 0.717) is 0 Å². The predicted octanol–water partition coefficient (Wildman–Crippen LogP) is 5.73. The van der Waals surface area contributed by atoms with E-state index in [-0.39, 0.29) is 21.1 Å². The zero-order valence-electron chi connectivity index (χ0n) is 12.1. The van der Waals surface area contributed by atoms with Crippen molar-refractivity contribution in [3.8, 4) is 0 Å². The minimum Gasteiger partial charge on any atom is -0.0882 e. The molecule has 1 aliphatic rings. The monoisotopic (exact) mass is 455 g/mol. The van der Waals surface area contributed by atoms with Crippen molar-refractivity contribution in [2.24, 2.45) is 0 Å². The van der Waals surface area contributed by atoms with Crippen molar-refractivity contribution in [3.05, 3.63) is 83.9 Å². The molecule has 0 nitrogen and oxygen atoms in total. The van der Waals surface area contributed by atoms with E-state index >= 15 is 0 Å². The number of hydrogen-bond donors (Lipinski definition) is 0. The molecule has 0 radical (unpaired) electrons. The van der Waals surface area contributed by atoms with E-state index < -0.39 is 0 Å². The Balaban J connectivity index is 0.00000161. The van der Waals surface area contributed by atoms with Gasteiger partial charge < -0.3 is 0 Å². The molecule has 0 saturated heterocycles. The van der Waals surface area contributed by atoms with Crippen LogP contribution < -0.4 is 0 Å². The average molecular weight is 455 g/mol. The third kappa shape index (κ3) is 4.05. The van der Waals surface area contributed by atoms with Gasteiger partial charge in [0.2, 0.25) is 0 Å². The molecule has 0 aliphatic heterocycles. The van der Waals surface area contributed by atoms with Gasteiger partial charge in [-0.05, 0) is 48.0 Å². The molecule has 2 aromatic carbocycles. The molecule has 21 heavy (non-hydrogen) atoms. The van der Waals surface area contributed by atoms with Crippen LogP contribution in [0.3, 0.4) is 0 Å². The second-order valence-corrected chi connectivity index (χ2v) is 5.24. The standard InChI is InChI=1S/C20H20.Pt/c1-2-10-16-20(18-13-7-4-8-14-18)19(15-9-1)17-11-5-3-6-12-17;/h1-8,11-14H,9-10,15-16H2;/q;+2. The molecule has 0 fully saturated rings. The molecule has 2 aromatic rings. The topological polar surface area (TPSA) is 0 Å². The Kier molecular flexibility index (Phi) is 6.20. The summed E-state index contributed by atoms with van der Waals surface area (Å²) in [5.41, 5.74) is 5.78. The van der Waals surface area contributed by atoms with Gasteiger partial charge in [-0.2, -0.15) is 0 Å². The van der Waals surface area contributed by atoms with Crippen molar-refractivity contribution in [1.29, 1.82) is 0 Å². The third-order valence-corrected chi connectivity index (χ3v) is 3.90. The molecular weight excluding hydrogens is 435 g/mol. The van der Waals surface area contributed by atoms with Crippen molar-refractivity contribution in [3.63, 3.8) is 0 Å². The molecule has 3 rings (SSSR count). The molecule has 1 heteroatoms. The summed E-state index contributed by atoms with van der Waals surface area (Å²) < 4.78 is 0. The van der Waals surface area contributed by atoms with E-state index in [1.807, 2.05) is 0 Å². The average Bonchev–Trinajstić information content (AvgIpc) is 2.49. The van der Waals surface area contributed by atoms with Crippen LogP contribution in [0.4, 0.5) is 0 Å². The van der Waals surface area contributed by atoms with Crippen LogP contribution in [-0.4, -0.2) is 0 Å². The molecule has 0 amide bonds. The SMILES string of the molecule is C1=CCCC(c2ccccc2)=C(c2ccccc2)CC1.[Pt+2]. The van der Waals surface area contributed by atoms with Gasteiger partial charge in [-0.15, -0.1) is 0 Å². The zero-order chi connectivity index (χ0) is 13.6. The van der Waals surface area contributed by atoms with Crippen LogP contribution in [-0.2, 0) is 21.1 Å². The van der Waals surface area contributed by atoms with Gasteiger partial charge in [0.25, 0.3) is 0 Å². The molecule has 0 N–H and O–H groups in total. The zero-order valence-corrected chi connectivity index (χ0v) is 14.3. The van der Waals surface area contributed by atoms with E-state index in [0.717, 1.165) is 25.7 Å². The van der Waals surface area contributed by atoms with Crippen LogP contribution in [0.5, 0.6) is 0 Å². The molecular formula is C20H20Pt+2. The van der Waals surface area contributed by atoms with Crippen molar-refractivity contribution in [2.45, 2.75) is 25.7 Å². The van der Waals surface area contributed by atoms with Crippen molar-refractivity contribution < 1.29 is 21.1 Å². The third-order valence-electron chi connectivity index (χ3n) is 3.90. The van der Waals surface area contributed by atoms with Crippen LogP contribution in [0.2, 0.25) is 0 Å². The molecule has 1 aliphatic carbocycles. The van der Waals surface area contributed by atoms with Gasteiger partial charge >= 0.3 is 21.1 Å². The van der Waals surface area contributed by atoms with E-state index in [9.17, 15) is 0 Å². The molecule has 0 bridgehead atoms. The van der Waals surface area contributed by atoms with Gasteiger partial charge in [0, 0.05) is 0 Å². The summed E-state index contributed by atoms with van der Waals surface area (Å²) >= 11 is 0. The number of allylic oxidation sites excluding steroid dienone is 4. The summed E-state index contributed by atoms with van der Waals surface area (Å²) in [6.07, 6.45) is 9.19. The summed E-state index contributed by atoms with van der Waals surface area (Å²) in [6.45, 7) is 0. The second-order valence-electron chi connectivity index (χ2n) is 5.24. The molecule has 0 saturated carbocycles. The van der Waals surface area contributed by atoms with Crippen LogP contribution >= 0.6 is 0 Å². The van der Waals surface area contributed by atoms with E-state index in [4.69, 9.17) is 0 Å². The van der Waals surface area contributed by atoms with Crippen LogP contribution in [0.1, 0.15) is 36.8 Å². The predicted molar refractivity (Wildman–Crippen MR) is 87.3 cm³/mol. The maximum atomic E-state index is 2.32. The first-order valence-corrected chi connectivity index (χ1v) is 7.43. The van der Waals surface area contributed by atoms with Crippen LogP contribution in [0.25, 0.3) is 11.1 Å². The number of benzene rings is 2. The van der Waals surface area contributed by atoms with E-state index in [1.54, 1.807) is 0 Å². The van der Waals surface area contributed by atoms with Gasteiger partial charge in [0.1, 0.15) is 0 Å². The number of rotatable bonds is 2. The fourth-order valence-electron chi connectivity index (χ4n) is 2.91. The maximum Gasteiger partial charge on any atom is 2.00 e. The first kappa shape index (κ1) is 16.0. The normalized spacial score (nSPS) is 15.0. The Labute approximate surface area is 141 Å². The quantitative estimate of drug-likeness (QED) is 0.508. The Morgan fingerprint density at radius 3 is 1.29 bits per heavy atom.